The Hall–Kier alpha value is -2.60. The molecule has 5 heteroatoms. The van der Waals surface area contributed by atoms with Gasteiger partial charge in [-0.1, -0.05) is 42.5 Å². The van der Waals surface area contributed by atoms with E-state index >= 15 is 0 Å². The Morgan fingerprint density at radius 2 is 1.70 bits per heavy atom. The van der Waals surface area contributed by atoms with E-state index in [2.05, 4.69) is 58.7 Å². The summed E-state index contributed by atoms with van der Waals surface area (Å²) in [7, 11) is 3.44. The minimum Gasteiger partial charge on any atom is -0.497 e. The van der Waals surface area contributed by atoms with Crippen LogP contribution in [0.4, 0.5) is 0 Å². The number of rotatable bonds is 8. The molecule has 5 nitrogen and oxygen atoms in total. The molecular weight excluding hydrogens is 376 g/mol. The number of hydrogen-bond acceptors (Lipinski definition) is 5. The van der Waals surface area contributed by atoms with Crippen molar-refractivity contribution in [3.05, 3.63) is 71.8 Å². The lowest BCUT2D eigenvalue weighted by molar-refractivity contribution is 0.0161. The highest BCUT2D eigenvalue weighted by Gasteiger charge is 2.22. The van der Waals surface area contributed by atoms with Crippen LogP contribution in [0.3, 0.4) is 0 Å². The van der Waals surface area contributed by atoms with Gasteiger partial charge in [-0.25, -0.2) is 0 Å². The summed E-state index contributed by atoms with van der Waals surface area (Å²) in [6, 6.07) is 21.3. The van der Waals surface area contributed by atoms with Crippen molar-refractivity contribution in [2.24, 2.45) is 0 Å². The summed E-state index contributed by atoms with van der Waals surface area (Å²) >= 11 is 0. The third-order valence-corrected chi connectivity index (χ3v) is 5.84. The molecule has 0 amide bonds. The van der Waals surface area contributed by atoms with Gasteiger partial charge in [0.25, 0.3) is 0 Å². The Morgan fingerprint density at radius 3 is 2.43 bits per heavy atom. The van der Waals surface area contributed by atoms with Gasteiger partial charge in [0.15, 0.2) is 0 Å². The Bertz CT molecular complexity index is 952. The summed E-state index contributed by atoms with van der Waals surface area (Å²) in [6.45, 7) is 5.04. The molecule has 1 unspecified atom stereocenters. The normalized spacial score (nSPS) is 15.8. The van der Waals surface area contributed by atoms with Crippen LogP contribution in [0.1, 0.15) is 17.2 Å². The van der Waals surface area contributed by atoms with Crippen molar-refractivity contribution in [1.29, 1.82) is 0 Å². The second-order valence-corrected chi connectivity index (χ2v) is 7.54. The van der Waals surface area contributed by atoms with Crippen LogP contribution < -0.4 is 14.8 Å². The maximum atomic E-state index is 5.66. The lowest BCUT2D eigenvalue weighted by Crippen LogP contribution is -2.42. The number of methoxy groups -OCH3 is 2. The first-order valence-electron chi connectivity index (χ1n) is 10.5. The van der Waals surface area contributed by atoms with Gasteiger partial charge in [-0.15, -0.1) is 0 Å². The predicted octanol–water partition coefficient (Wildman–Crippen LogP) is 4.02. The molecule has 0 bridgehead atoms. The SMILES string of the molecule is COc1ccc(C(CNCc2c(OC)ccc3ccccc23)N2CCOCC2)cc1. The second-order valence-electron chi connectivity index (χ2n) is 7.54. The summed E-state index contributed by atoms with van der Waals surface area (Å²) < 4.78 is 16.6. The van der Waals surface area contributed by atoms with Crippen molar-refractivity contribution in [1.82, 2.24) is 10.2 Å². The molecule has 30 heavy (non-hydrogen) atoms. The van der Waals surface area contributed by atoms with E-state index in [0.29, 0.717) is 0 Å². The summed E-state index contributed by atoms with van der Waals surface area (Å²) in [5.41, 5.74) is 2.49. The molecule has 1 aliphatic rings. The first kappa shape index (κ1) is 20.7. The zero-order valence-corrected chi connectivity index (χ0v) is 17.8. The molecule has 0 aromatic heterocycles. The molecule has 1 heterocycles. The quantitative estimate of drug-likeness (QED) is 0.612. The molecule has 4 rings (SSSR count). The van der Waals surface area contributed by atoms with E-state index in [1.54, 1.807) is 14.2 Å². The molecule has 1 aliphatic heterocycles. The van der Waals surface area contributed by atoms with Crippen LogP contribution >= 0.6 is 0 Å². The van der Waals surface area contributed by atoms with Gasteiger partial charge in [0.1, 0.15) is 11.5 Å². The average Bonchev–Trinajstić information content (AvgIpc) is 2.82. The number of nitrogens with zero attached hydrogens (tertiary/aromatic N) is 1. The number of ether oxygens (including phenoxy) is 3. The minimum absolute atomic E-state index is 0.278. The number of morpholine rings is 1. The van der Waals surface area contributed by atoms with Crippen LogP contribution in [-0.2, 0) is 11.3 Å². The molecule has 1 N–H and O–H groups in total. The van der Waals surface area contributed by atoms with E-state index in [1.807, 2.05) is 12.1 Å². The van der Waals surface area contributed by atoms with Gasteiger partial charge in [-0.05, 0) is 34.5 Å². The fourth-order valence-electron chi connectivity index (χ4n) is 4.20. The molecule has 1 saturated heterocycles. The highest BCUT2D eigenvalue weighted by Crippen LogP contribution is 2.29. The summed E-state index contributed by atoms with van der Waals surface area (Å²) in [5, 5.41) is 6.16. The lowest BCUT2D eigenvalue weighted by atomic mass is 10.0. The number of nitrogens with one attached hydrogen (secondary N) is 1. The van der Waals surface area contributed by atoms with Crippen molar-refractivity contribution in [2.75, 3.05) is 47.1 Å². The molecular formula is C25H30N2O3. The van der Waals surface area contributed by atoms with Gasteiger partial charge in [0.2, 0.25) is 0 Å². The Kier molecular flexibility index (Phi) is 6.84. The van der Waals surface area contributed by atoms with Gasteiger partial charge in [0.05, 0.1) is 27.4 Å². The lowest BCUT2D eigenvalue weighted by Gasteiger charge is -2.35. The van der Waals surface area contributed by atoms with E-state index in [1.165, 1.54) is 21.9 Å². The molecule has 0 aliphatic carbocycles. The highest BCUT2D eigenvalue weighted by atomic mass is 16.5. The molecule has 1 fully saturated rings. The first-order valence-corrected chi connectivity index (χ1v) is 10.5. The fraction of sp³-hybridized carbons (Fsp3) is 0.360. The molecule has 1 atom stereocenters. The van der Waals surface area contributed by atoms with Gasteiger partial charge in [-0.2, -0.15) is 0 Å². The summed E-state index contributed by atoms with van der Waals surface area (Å²) in [5.74, 6) is 1.81. The fourth-order valence-corrected chi connectivity index (χ4v) is 4.20. The van der Waals surface area contributed by atoms with Crippen LogP contribution in [0.15, 0.2) is 60.7 Å². The van der Waals surface area contributed by atoms with Gasteiger partial charge < -0.3 is 19.5 Å². The largest absolute Gasteiger partial charge is 0.497 e. The zero-order chi connectivity index (χ0) is 20.8. The molecule has 158 valence electrons. The van der Waals surface area contributed by atoms with Crippen molar-refractivity contribution in [3.63, 3.8) is 0 Å². The number of benzene rings is 3. The Labute approximate surface area is 178 Å². The van der Waals surface area contributed by atoms with Gasteiger partial charge >= 0.3 is 0 Å². The third kappa shape index (κ3) is 4.59. The van der Waals surface area contributed by atoms with E-state index in [9.17, 15) is 0 Å². The van der Waals surface area contributed by atoms with Crippen molar-refractivity contribution in [3.8, 4) is 11.5 Å². The Balaban J connectivity index is 1.53. The molecule has 3 aromatic carbocycles. The Morgan fingerprint density at radius 1 is 0.933 bits per heavy atom. The molecule has 3 aromatic rings. The van der Waals surface area contributed by atoms with E-state index in [0.717, 1.165) is 50.9 Å². The second kappa shape index (κ2) is 9.94. The smallest absolute Gasteiger partial charge is 0.123 e. The number of hydrogen-bond donors (Lipinski definition) is 1. The highest BCUT2D eigenvalue weighted by molar-refractivity contribution is 5.87. The van der Waals surface area contributed by atoms with Crippen molar-refractivity contribution < 1.29 is 14.2 Å². The molecule has 0 spiro atoms. The zero-order valence-electron chi connectivity index (χ0n) is 17.8. The molecule has 0 saturated carbocycles. The standard InChI is InChI=1S/C25H30N2O3/c1-28-21-10-7-20(8-11-21)24(27-13-15-30-16-14-27)18-26-17-23-22-6-4-3-5-19(22)9-12-25(23)29-2/h3-12,24,26H,13-18H2,1-2H3. The van der Waals surface area contributed by atoms with Crippen LogP contribution in [0, 0.1) is 0 Å². The topological polar surface area (TPSA) is 43.0 Å². The van der Waals surface area contributed by atoms with Crippen molar-refractivity contribution in [2.45, 2.75) is 12.6 Å². The maximum absolute atomic E-state index is 5.66. The van der Waals surface area contributed by atoms with Crippen LogP contribution in [-0.4, -0.2) is 52.0 Å². The van der Waals surface area contributed by atoms with Gasteiger partial charge in [0, 0.05) is 37.8 Å². The predicted molar refractivity (Wildman–Crippen MR) is 120 cm³/mol. The van der Waals surface area contributed by atoms with Gasteiger partial charge in [-0.3, -0.25) is 4.90 Å². The van der Waals surface area contributed by atoms with Crippen molar-refractivity contribution >= 4 is 10.8 Å². The van der Waals surface area contributed by atoms with Crippen LogP contribution in [0.2, 0.25) is 0 Å². The van der Waals surface area contributed by atoms with E-state index in [-0.39, 0.29) is 6.04 Å². The summed E-state index contributed by atoms with van der Waals surface area (Å²) in [6.07, 6.45) is 0. The summed E-state index contributed by atoms with van der Waals surface area (Å²) in [4.78, 5) is 2.50. The molecule has 0 radical (unpaired) electrons. The third-order valence-electron chi connectivity index (χ3n) is 5.84. The number of fused-ring (bicyclic) bond motifs is 1. The maximum Gasteiger partial charge on any atom is 0.123 e. The minimum atomic E-state index is 0.278. The first-order chi connectivity index (χ1) is 14.8. The van der Waals surface area contributed by atoms with E-state index < -0.39 is 0 Å². The van der Waals surface area contributed by atoms with Crippen LogP contribution in [0.25, 0.3) is 10.8 Å². The van der Waals surface area contributed by atoms with Crippen LogP contribution in [0.5, 0.6) is 11.5 Å². The van der Waals surface area contributed by atoms with E-state index in [4.69, 9.17) is 14.2 Å². The monoisotopic (exact) mass is 406 g/mol. The average molecular weight is 407 g/mol.